The topological polar surface area (TPSA) is 73.9 Å². The molecule has 8 heteroatoms. The molecule has 1 aliphatic heterocycles. The molecule has 2 aromatic rings. The first-order valence-electron chi connectivity index (χ1n) is 8.42. The predicted octanol–water partition coefficient (Wildman–Crippen LogP) is 4.38. The summed E-state index contributed by atoms with van der Waals surface area (Å²) in [7, 11) is 0. The molecule has 0 saturated carbocycles. The summed E-state index contributed by atoms with van der Waals surface area (Å²) in [4.78, 5) is 23.8. The molecule has 0 fully saturated rings. The summed E-state index contributed by atoms with van der Waals surface area (Å²) in [5.41, 5.74) is 2.20. The van der Waals surface area contributed by atoms with Gasteiger partial charge in [0.05, 0.1) is 5.02 Å². The third kappa shape index (κ3) is 5.27. The van der Waals surface area contributed by atoms with Gasteiger partial charge in [-0.15, -0.1) is 0 Å². The molecule has 28 heavy (non-hydrogen) atoms. The summed E-state index contributed by atoms with van der Waals surface area (Å²) in [6, 6.07) is 8.83. The molecule has 3 rings (SSSR count). The highest BCUT2D eigenvalue weighted by molar-refractivity contribution is 9.10. The van der Waals surface area contributed by atoms with Crippen LogP contribution in [0.1, 0.15) is 11.1 Å². The van der Waals surface area contributed by atoms with Crippen LogP contribution in [0.15, 0.2) is 40.9 Å². The van der Waals surface area contributed by atoms with Gasteiger partial charge in [-0.25, -0.2) is 4.79 Å². The van der Waals surface area contributed by atoms with Crippen molar-refractivity contribution in [1.29, 1.82) is 0 Å². The second-order valence-corrected chi connectivity index (χ2v) is 7.30. The van der Waals surface area contributed by atoms with Crippen molar-refractivity contribution in [2.24, 2.45) is 0 Å². The van der Waals surface area contributed by atoms with Crippen molar-refractivity contribution in [3.05, 3.63) is 57.0 Å². The van der Waals surface area contributed by atoms with Crippen molar-refractivity contribution in [1.82, 2.24) is 0 Å². The summed E-state index contributed by atoms with van der Waals surface area (Å²) in [5.74, 6) is -0.0493. The zero-order valence-corrected chi connectivity index (χ0v) is 17.3. The number of hydrogen-bond acceptors (Lipinski definition) is 5. The maximum absolute atomic E-state index is 12.0. The molecule has 146 valence electrons. The number of halogens is 2. The van der Waals surface area contributed by atoms with E-state index in [0.29, 0.717) is 41.0 Å². The molecule has 0 atom stereocenters. The average molecular weight is 467 g/mol. The molecule has 0 radical (unpaired) electrons. The molecule has 0 aliphatic carbocycles. The van der Waals surface area contributed by atoms with E-state index < -0.39 is 11.9 Å². The lowest BCUT2D eigenvalue weighted by Gasteiger charge is -2.19. The number of carbonyl (C=O) groups excluding carboxylic acids is 2. The van der Waals surface area contributed by atoms with Crippen LogP contribution in [0.4, 0.5) is 5.69 Å². The van der Waals surface area contributed by atoms with Gasteiger partial charge >= 0.3 is 5.97 Å². The lowest BCUT2D eigenvalue weighted by molar-refractivity contribution is -0.142. The van der Waals surface area contributed by atoms with Crippen LogP contribution in [0.3, 0.4) is 0 Å². The summed E-state index contributed by atoms with van der Waals surface area (Å²) < 4.78 is 16.8. The molecule has 0 aromatic heterocycles. The van der Waals surface area contributed by atoms with Gasteiger partial charge in [-0.3, -0.25) is 4.79 Å². The van der Waals surface area contributed by atoms with E-state index in [-0.39, 0.29) is 6.61 Å². The van der Waals surface area contributed by atoms with Crippen molar-refractivity contribution < 1.29 is 23.8 Å². The molecule has 6 nitrogen and oxygen atoms in total. The van der Waals surface area contributed by atoms with Crippen molar-refractivity contribution >= 4 is 51.2 Å². The molecule has 0 spiro atoms. The Balaban J connectivity index is 1.54. The van der Waals surface area contributed by atoms with E-state index in [4.69, 9.17) is 25.8 Å². The van der Waals surface area contributed by atoms with Gasteiger partial charge in [0.2, 0.25) is 0 Å². The van der Waals surface area contributed by atoms with Gasteiger partial charge in [0.1, 0.15) is 13.2 Å². The van der Waals surface area contributed by atoms with Crippen LogP contribution < -0.4 is 14.8 Å². The number of aryl methyl sites for hydroxylation is 1. The predicted molar refractivity (Wildman–Crippen MR) is 110 cm³/mol. The molecule has 0 bridgehead atoms. The second kappa shape index (κ2) is 9.12. The number of hydrogen-bond donors (Lipinski definition) is 1. The van der Waals surface area contributed by atoms with E-state index >= 15 is 0 Å². The fourth-order valence-corrected chi connectivity index (χ4v) is 3.28. The monoisotopic (exact) mass is 465 g/mol. The minimum Gasteiger partial charge on any atom is -0.486 e. The van der Waals surface area contributed by atoms with Crippen LogP contribution in [0.2, 0.25) is 5.02 Å². The van der Waals surface area contributed by atoms with Gasteiger partial charge in [-0.2, -0.15) is 0 Å². The Morgan fingerprint density at radius 1 is 1.25 bits per heavy atom. The van der Waals surface area contributed by atoms with Crippen molar-refractivity contribution in [2.45, 2.75) is 6.92 Å². The highest BCUT2D eigenvalue weighted by Crippen LogP contribution is 2.38. The first-order valence-corrected chi connectivity index (χ1v) is 9.59. The number of ether oxygens (including phenoxy) is 3. The molecule has 1 aliphatic rings. The number of amides is 1. The number of carbonyl (C=O) groups is 2. The highest BCUT2D eigenvalue weighted by atomic mass is 79.9. The second-order valence-electron chi connectivity index (χ2n) is 5.98. The maximum atomic E-state index is 12.0. The van der Waals surface area contributed by atoms with Crippen LogP contribution in [-0.2, 0) is 14.3 Å². The third-order valence-electron chi connectivity index (χ3n) is 3.84. The molecule has 0 unspecified atom stereocenters. The maximum Gasteiger partial charge on any atom is 0.331 e. The fraction of sp³-hybridized carbons (Fsp3) is 0.200. The number of nitrogens with one attached hydrogen (secondary N) is 1. The lowest BCUT2D eigenvalue weighted by Crippen LogP contribution is -2.20. The Kier molecular flexibility index (Phi) is 6.59. The van der Waals surface area contributed by atoms with Crippen LogP contribution in [0.5, 0.6) is 11.5 Å². The van der Waals surface area contributed by atoms with Crippen molar-refractivity contribution in [3.8, 4) is 11.5 Å². The number of benzene rings is 2. The molecular weight excluding hydrogens is 450 g/mol. The van der Waals surface area contributed by atoms with Gasteiger partial charge in [0.15, 0.2) is 18.1 Å². The smallest absolute Gasteiger partial charge is 0.331 e. The summed E-state index contributed by atoms with van der Waals surface area (Å²) >= 11 is 9.51. The van der Waals surface area contributed by atoms with Gasteiger partial charge < -0.3 is 19.5 Å². The SMILES string of the molecule is Cc1cc(Br)ccc1NC(=O)COC(=O)/C=C/c1cc(Cl)c2c(c1)OCCO2. The van der Waals surface area contributed by atoms with Crippen molar-refractivity contribution in [2.75, 3.05) is 25.1 Å². The van der Waals surface area contributed by atoms with E-state index in [1.165, 1.54) is 12.2 Å². The Morgan fingerprint density at radius 2 is 2.04 bits per heavy atom. The minimum atomic E-state index is -0.645. The number of esters is 1. The van der Waals surface area contributed by atoms with E-state index in [2.05, 4.69) is 21.2 Å². The standard InChI is InChI=1S/C20H17BrClNO5/c1-12-8-14(21)3-4-16(12)23-18(24)11-28-19(25)5-2-13-9-15(22)20-17(10-13)26-6-7-27-20/h2-5,8-10H,6-7,11H2,1H3,(H,23,24)/b5-2+. The van der Waals surface area contributed by atoms with E-state index in [9.17, 15) is 9.59 Å². The van der Waals surface area contributed by atoms with Gasteiger partial charge in [0.25, 0.3) is 5.91 Å². The molecule has 1 heterocycles. The van der Waals surface area contributed by atoms with Gasteiger partial charge in [-0.1, -0.05) is 27.5 Å². The van der Waals surface area contributed by atoms with E-state index in [1.807, 2.05) is 19.1 Å². The summed E-state index contributed by atoms with van der Waals surface area (Å²) in [6.07, 6.45) is 2.75. The van der Waals surface area contributed by atoms with Crippen LogP contribution >= 0.6 is 27.5 Å². The molecular formula is C20H17BrClNO5. The van der Waals surface area contributed by atoms with Crippen LogP contribution in [0.25, 0.3) is 6.08 Å². The van der Waals surface area contributed by atoms with Crippen LogP contribution in [0, 0.1) is 6.92 Å². The minimum absolute atomic E-state index is 0.388. The molecule has 0 saturated heterocycles. The zero-order valence-electron chi connectivity index (χ0n) is 15.0. The number of rotatable bonds is 5. The normalized spacial score (nSPS) is 12.7. The first-order chi connectivity index (χ1) is 13.4. The Bertz CT molecular complexity index is 944. The Labute approximate surface area is 175 Å². The van der Waals surface area contributed by atoms with Gasteiger partial charge in [0, 0.05) is 16.2 Å². The summed E-state index contributed by atoms with van der Waals surface area (Å²) in [5, 5.41) is 3.10. The molecule has 1 amide bonds. The molecule has 1 N–H and O–H groups in total. The third-order valence-corrected chi connectivity index (χ3v) is 4.61. The zero-order chi connectivity index (χ0) is 20.1. The quantitative estimate of drug-likeness (QED) is 0.523. The summed E-state index contributed by atoms with van der Waals surface area (Å²) in [6.45, 7) is 2.36. The largest absolute Gasteiger partial charge is 0.486 e. The first kappa shape index (κ1) is 20.2. The Morgan fingerprint density at radius 3 is 2.82 bits per heavy atom. The fourth-order valence-electron chi connectivity index (χ4n) is 2.53. The van der Waals surface area contributed by atoms with Crippen molar-refractivity contribution in [3.63, 3.8) is 0 Å². The number of fused-ring (bicyclic) bond motifs is 1. The van der Waals surface area contributed by atoms with E-state index in [0.717, 1.165) is 10.0 Å². The van der Waals surface area contributed by atoms with Gasteiger partial charge in [-0.05, 0) is 54.5 Å². The van der Waals surface area contributed by atoms with Crippen LogP contribution in [-0.4, -0.2) is 31.7 Å². The highest BCUT2D eigenvalue weighted by Gasteiger charge is 2.16. The van der Waals surface area contributed by atoms with E-state index in [1.54, 1.807) is 18.2 Å². The number of anilines is 1. The molecule has 2 aromatic carbocycles. The average Bonchev–Trinajstić information content (AvgIpc) is 2.67. The lowest BCUT2D eigenvalue weighted by atomic mass is 10.2. The Hall–Kier alpha value is -2.51.